The van der Waals surface area contributed by atoms with Crippen molar-refractivity contribution in [3.8, 4) is 0 Å². The molecule has 3 aromatic rings. The number of nitrogens with one attached hydrogen (secondary N) is 4. The van der Waals surface area contributed by atoms with Crippen LogP contribution in [-0.2, 0) is 0 Å². The van der Waals surface area contributed by atoms with Crippen LogP contribution in [0.5, 0.6) is 0 Å². The Balaban J connectivity index is 1.45. The van der Waals surface area contributed by atoms with E-state index < -0.39 is 18.1 Å². The molecule has 0 unspecified atom stereocenters. The van der Waals surface area contributed by atoms with Crippen molar-refractivity contribution in [1.82, 2.24) is 24.5 Å². The minimum Gasteiger partial charge on any atom is -0.373 e. The first kappa shape index (κ1) is 23.0. The van der Waals surface area contributed by atoms with Gasteiger partial charge in [0.05, 0.1) is 12.2 Å². The second kappa shape index (κ2) is 9.12. The Morgan fingerprint density at radius 3 is 2.80 bits per heavy atom. The zero-order valence-electron chi connectivity index (χ0n) is 19.7. The lowest BCUT2D eigenvalue weighted by Gasteiger charge is -2.30. The molecule has 3 heterocycles. The lowest BCUT2D eigenvalue weighted by molar-refractivity contribution is 0.0949. The van der Waals surface area contributed by atoms with E-state index in [1.54, 1.807) is 29.9 Å². The van der Waals surface area contributed by atoms with Crippen molar-refractivity contribution in [2.24, 2.45) is 5.92 Å². The highest BCUT2D eigenvalue weighted by Gasteiger charge is 2.39. The number of fused-ring (bicyclic) bond motifs is 1. The van der Waals surface area contributed by atoms with Gasteiger partial charge >= 0.3 is 0 Å². The SMILES string of the molecule is CNc1cc(Nc2cccn([C@H]3CCC[C@@H](C(C)=N)C3)c2=O)nc2c(C(=O)N[C@@H]3C[C@@H]3F)cnn12. The summed E-state index contributed by atoms with van der Waals surface area (Å²) in [6, 6.07) is 4.79. The maximum absolute atomic E-state index is 13.3. The fourth-order valence-electron chi connectivity index (χ4n) is 4.77. The van der Waals surface area contributed by atoms with Crippen molar-refractivity contribution in [2.45, 2.75) is 57.3 Å². The van der Waals surface area contributed by atoms with Gasteiger partial charge in [-0.3, -0.25) is 9.59 Å². The first-order valence-electron chi connectivity index (χ1n) is 11.9. The summed E-state index contributed by atoms with van der Waals surface area (Å²) in [6.07, 6.45) is 6.15. The molecule has 2 aliphatic carbocycles. The van der Waals surface area contributed by atoms with Crippen LogP contribution in [0.4, 0.5) is 21.7 Å². The van der Waals surface area contributed by atoms with Gasteiger partial charge < -0.3 is 25.9 Å². The molecule has 0 saturated heterocycles. The van der Waals surface area contributed by atoms with Crippen LogP contribution in [0.25, 0.3) is 5.65 Å². The van der Waals surface area contributed by atoms with Gasteiger partial charge in [-0.1, -0.05) is 6.42 Å². The molecule has 0 bridgehead atoms. The van der Waals surface area contributed by atoms with E-state index in [-0.39, 0.29) is 23.1 Å². The summed E-state index contributed by atoms with van der Waals surface area (Å²) in [4.78, 5) is 30.5. The smallest absolute Gasteiger partial charge is 0.274 e. The maximum Gasteiger partial charge on any atom is 0.274 e. The fraction of sp³-hybridized carbons (Fsp3) is 0.458. The fourth-order valence-corrected chi connectivity index (χ4v) is 4.77. The molecule has 2 fully saturated rings. The summed E-state index contributed by atoms with van der Waals surface area (Å²) in [5.74, 6) is 0.707. The zero-order chi connectivity index (χ0) is 24.7. The molecule has 184 valence electrons. The van der Waals surface area contributed by atoms with Gasteiger partial charge in [-0.25, -0.2) is 9.37 Å². The lowest BCUT2D eigenvalue weighted by Crippen LogP contribution is -2.31. The molecule has 5 rings (SSSR count). The molecule has 0 aliphatic heterocycles. The molecule has 0 spiro atoms. The molecule has 3 aromatic heterocycles. The van der Waals surface area contributed by atoms with Gasteiger partial charge in [0.1, 0.15) is 29.1 Å². The van der Waals surface area contributed by atoms with E-state index in [1.807, 2.05) is 13.0 Å². The average molecular weight is 481 g/mol. The average Bonchev–Trinajstić information content (AvgIpc) is 3.36. The van der Waals surface area contributed by atoms with Gasteiger partial charge in [-0.05, 0) is 44.2 Å². The second-order valence-corrected chi connectivity index (χ2v) is 9.36. The number of alkyl halides is 1. The molecule has 1 amide bonds. The number of carbonyl (C=O) groups excluding carboxylic acids is 1. The molecule has 4 atom stereocenters. The van der Waals surface area contributed by atoms with E-state index in [0.717, 1.165) is 25.7 Å². The van der Waals surface area contributed by atoms with Crippen LogP contribution in [0, 0.1) is 11.3 Å². The summed E-state index contributed by atoms with van der Waals surface area (Å²) < 4.78 is 16.5. The monoisotopic (exact) mass is 480 g/mol. The largest absolute Gasteiger partial charge is 0.373 e. The Kier molecular flexibility index (Phi) is 6.00. The van der Waals surface area contributed by atoms with Crippen molar-refractivity contribution < 1.29 is 9.18 Å². The highest BCUT2D eigenvalue weighted by molar-refractivity contribution is 6.00. The number of aromatic nitrogens is 4. The van der Waals surface area contributed by atoms with Crippen LogP contribution >= 0.6 is 0 Å². The Labute approximate surface area is 201 Å². The molecule has 2 aliphatic rings. The molecule has 4 N–H and O–H groups in total. The van der Waals surface area contributed by atoms with Crippen LogP contribution in [0.3, 0.4) is 0 Å². The number of pyridine rings is 1. The topological polar surface area (TPSA) is 129 Å². The number of amides is 1. The molecular weight excluding hydrogens is 451 g/mol. The second-order valence-electron chi connectivity index (χ2n) is 9.36. The van der Waals surface area contributed by atoms with Gasteiger partial charge in [0.25, 0.3) is 11.5 Å². The summed E-state index contributed by atoms with van der Waals surface area (Å²) >= 11 is 0. The summed E-state index contributed by atoms with van der Waals surface area (Å²) in [5, 5.41) is 21.0. The summed E-state index contributed by atoms with van der Waals surface area (Å²) in [7, 11) is 1.72. The van der Waals surface area contributed by atoms with E-state index in [0.29, 0.717) is 35.1 Å². The predicted octanol–water partition coefficient (Wildman–Crippen LogP) is 3.29. The van der Waals surface area contributed by atoms with E-state index in [9.17, 15) is 14.0 Å². The van der Waals surface area contributed by atoms with Crippen molar-refractivity contribution in [3.05, 3.63) is 46.5 Å². The number of rotatable bonds is 7. The Bertz CT molecular complexity index is 1350. The third-order valence-electron chi connectivity index (χ3n) is 6.89. The highest BCUT2D eigenvalue weighted by Crippen LogP contribution is 2.32. The normalized spacial score (nSPS) is 23.6. The molecular formula is C24H29FN8O2. The number of anilines is 3. The number of carbonyl (C=O) groups is 1. The number of hydrogen-bond acceptors (Lipinski definition) is 7. The molecule has 35 heavy (non-hydrogen) atoms. The van der Waals surface area contributed by atoms with Gasteiger partial charge in [0, 0.05) is 37.5 Å². The van der Waals surface area contributed by atoms with Crippen molar-refractivity contribution in [1.29, 1.82) is 5.41 Å². The first-order valence-corrected chi connectivity index (χ1v) is 11.9. The quantitative estimate of drug-likeness (QED) is 0.384. The van der Waals surface area contributed by atoms with Crippen LogP contribution in [0.1, 0.15) is 55.4 Å². The Morgan fingerprint density at radius 1 is 1.29 bits per heavy atom. The number of halogens is 1. The summed E-state index contributed by atoms with van der Waals surface area (Å²) in [6.45, 7) is 1.83. The van der Waals surface area contributed by atoms with E-state index >= 15 is 0 Å². The molecule has 11 heteroatoms. The lowest BCUT2D eigenvalue weighted by atomic mass is 9.83. The van der Waals surface area contributed by atoms with Crippen LogP contribution in [0.15, 0.2) is 35.4 Å². The number of nitrogens with zero attached hydrogens (tertiary/aromatic N) is 4. The standard InChI is InChI=1S/C24H29FN8O2/c1-13(26)14-5-3-6-15(9-14)32-8-4-7-18(24(32)35)29-20-11-21(27-2)33-22(31-20)16(12-28-33)23(34)30-19-10-17(19)25/h4,7-8,11-12,14-15,17,19,26-27H,3,5-6,9-10H2,1-2H3,(H,29,31)(H,30,34)/t14-,15+,17+,19-/m1/s1. The predicted molar refractivity (Wildman–Crippen MR) is 132 cm³/mol. The maximum atomic E-state index is 13.3. The van der Waals surface area contributed by atoms with Crippen LogP contribution < -0.4 is 21.5 Å². The Hall–Kier alpha value is -3.76. The van der Waals surface area contributed by atoms with Crippen LogP contribution in [-0.4, -0.2) is 50.0 Å². The highest BCUT2D eigenvalue weighted by atomic mass is 19.1. The Morgan fingerprint density at radius 2 is 2.09 bits per heavy atom. The first-order chi connectivity index (χ1) is 16.9. The van der Waals surface area contributed by atoms with Gasteiger partial charge in [0.15, 0.2) is 5.65 Å². The van der Waals surface area contributed by atoms with E-state index in [4.69, 9.17) is 5.41 Å². The van der Waals surface area contributed by atoms with Crippen molar-refractivity contribution in [2.75, 3.05) is 17.7 Å². The third-order valence-corrected chi connectivity index (χ3v) is 6.89. The van der Waals surface area contributed by atoms with Crippen LogP contribution in [0.2, 0.25) is 0 Å². The van der Waals surface area contributed by atoms with E-state index in [1.165, 1.54) is 10.7 Å². The number of hydrogen-bond donors (Lipinski definition) is 4. The molecule has 0 aromatic carbocycles. The zero-order valence-corrected chi connectivity index (χ0v) is 19.7. The summed E-state index contributed by atoms with van der Waals surface area (Å²) in [5.41, 5.74) is 1.38. The van der Waals surface area contributed by atoms with Gasteiger partial charge in [-0.15, -0.1) is 0 Å². The minimum atomic E-state index is -1.01. The van der Waals surface area contributed by atoms with E-state index in [2.05, 4.69) is 26.0 Å². The minimum absolute atomic E-state index is 0.0403. The third kappa shape index (κ3) is 4.50. The van der Waals surface area contributed by atoms with Gasteiger partial charge in [-0.2, -0.15) is 9.61 Å². The molecule has 10 nitrogen and oxygen atoms in total. The van der Waals surface area contributed by atoms with Crippen molar-refractivity contribution in [3.63, 3.8) is 0 Å². The molecule has 2 saturated carbocycles. The molecule has 0 radical (unpaired) electrons. The van der Waals surface area contributed by atoms with Crippen molar-refractivity contribution >= 4 is 34.6 Å². The van der Waals surface area contributed by atoms with Gasteiger partial charge in [0.2, 0.25) is 0 Å².